The van der Waals surface area contributed by atoms with Gasteiger partial charge in [0.1, 0.15) is 0 Å². The molecule has 0 aliphatic heterocycles. The predicted molar refractivity (Wildman–Crippen MR) is 168 cm³/mol. The molecule has 2 N–H and O–H groups in total. The Hall–Kier alpha value is -1.06. The van der Waals surface area contributed by atoms with Crippen molar-refractivity contribution in [3.63, 3.8) is 0 Å². The van der Waals surface area contributed by atoms with Crippen molar-refractivity contribution in [3.05, 3.63) is 0 Å². The summed E-state index contributed by atoms with van der Waals surface area (Å²) < 4.78 is 0. The number of hydrogen-bond acceptors (Lipinski definition) is 2. The van der Waals surface area contributed by atoms with Gasteiger partial charge in [-0.1, -0.05) is 129 Å². The summed E-state index contributed by atoms with van der Waals surface area (Å²) in [5.41, 5.74) is 0. The Balaban J connectivity index is 2.15. The van der Waals surface area contributed by atoms with Crippen molar-refractivity contribution in [2.45, 2.75) is 181 Å². The molecule has 0 bridgehead atoms. The summed E-state index contributed by atoms with van der Waals surface area (Å²) >= 11 is 0. The Morgan fingerprint density at radius 3 is 1.68 bits per heavy atom. The molecule has 234 valence electrons. The molecule has 2 saturated carbocycles. The van der Waals surface area contributed by atoms with E-state index in [0.717, 1.165) is 62.7 Å². The van der Waals surface area contributed by atoms with E-state index in [1.807, 2.05) is 0 Å². The molecule has 2 fully saturated rings. The molecule has 40 heavy (non-hydrogen) atoms. The summed E-state index contributed by atoms with van der Waals surface area (Å²) in [5, 5.41) is 19.2. The van der Waals surface area contributed by atoms with Gasteiger partial charge < -0.3 is 10.2 Å². The Morgan fingerprint density at radius 1 is 0.550 bits per heavy atom. The Morgan fingerprint density at radius 2 is 1.07 bits per heavy atom. The lowest BCUT2D eigenvalue weighted by molar-refractivity contribution is -0.145. The largest absolute Gasteiger partial charge is 0.481 e. The lowest BCUT2D eigenvalue weighted by atomic mass is 9.59. The van der Waals surface area contributed by atoms with Crippen molar-refractivity contribution < 1.29 is 19.8 Å². The average Bonchev–Trinajstić information content (AvgIpc) is 2.91. The summed E-state index contributed by atoms with van der Waals surface area (Å²) in [7, 11) is 0. The van der Waals surface area contributed by atoms with E-state index >= 15 is 0 Å². The first-order valence-electron chi connectivity index (χ1n) is 17.9. The van der Waals surface area contributed by atoms with E-state index < -0.39 is 11.9 Å². The fourth-order valence-electron chi connectivity index (χ4n) is 8.46. The van der Waals surface area contributed by atoms with Gasteiger partial charge in [-0.25, -0.2) is 0 Å². The molecular formula is C36H66O4. The number of aliphatic carboxylic acids is 2. The molecule has 0 aromatic heterocycles. The van der Waals surface area contributed by atoms with Crippen LogP contribution in [0.25, 0.3) is 0 Å². The smallest absolute Gasteiger partial charge is 0.306 e. The van der Waals surface area contributed by atoms with Crippen molar-refractivity contribution in [2.75, 3.05) is 0 Å². The maximum atomic E-state index is 12.4. The number of carboxylic acid groups (broad SMARTS) is 2. The van der Waals surface area contributed by atoms with Gasteiger partial charge in [-0.3, -0.25) is 9.59 Å². The summed E-state index contributed by atoms with van der Waals surface area (Å²) in [6.07, 6.45) is 31.2. The van der Waals surface area contributed by atoms with E-state index in [1.54, 1.807) is 0 Å². The van der Waals surface area contributed by atoms with Crippen LogP contribution in [0.4, 0.5) is 0 Å². The first-order chi connectivity index (χ1) is 19.5. The lowest BCUT2D eigenvalue weighted by Gasteiger charge is -2.46. The summed E-state index contributed by atoms with van der Waals surface area (Å²) in [6, 6.07) is 0. The first-order valence-corrected chi connectivity index (χ1v) is 17.9. The highest BCUT2D eigenvalue weighted by Crippen LogP contribution is 2.49. The van der Waals surface area contributed by atoms with Crippen LogP contribution in [0, 0.1) is 35.5 Å². The molecule has 5 unspecified atom stereocenters. The van der Waals surface area contributed by atoms with Crippen LogP contribution in [0.3, 0.4) is 0 Å². The molecular weight excluding hydrogens is 496 g/mol. The van der Waals surface area contributed by atoms with E-state index in [9.17, 15) is 14.7 Å². The van der Waals surface area contributed by atoms with E-state index in [2.05, 4.69) is 13.8 Å². The van der Waals surface area contributed by atoms with Gasteiger partial charge in [-0.2, -0.15) is 0 Å². The molecule has 4 heteroatoms. The minimum atomic E-state index is -0.673. The first kappa shape index (κ1) is 35.1. The van der Waals surface area contributed by atoms with E-state index in [-0.39, 0.29) is 5.92 Å². The lowest BCUT2D eigenvalue weighted by Crippen LogP contribution is -2.38. The normalized spacial score (nSPS) is 27.6. The number of rotatable bonds is 21. The maximum Gasteiger partial charge on any atom is 0.306 e. The Bertz CT molecular complexity index is 661. The average molecular weight is 563 g/mol. The van der Waals surface area contributed by atoms with Gasteiger partial charge in [0.15, 0.2) is 0 Å². The fraction of sp³-hybridized carbons (Fsp3) is 0.944. The van der Waals surface area contributed by atoms with Gasteiger partial charge >= 0.3 is 11.9 Å². The molecule has 4 nitrogen and oxygen atoms in total. The highest BCUT2D eigenvalue weighted by molar-refractivity contribution is 5.70. The van der Waals surface area contributed by atoms with Crippen molar-refractivity contribution in [1.29, 1.82) is 0 Å². The molecule has 0 spiro atoms. The molecule has 0 radical (unpaired) electrons. The highest BCUT2D eigenvalue weighted by Gasteiger charge is 2.41. The maximum absolute atomic E-state index is 12.4. The van der Waals surface area contributed by atoms with Gasteiger partial charge in [-0.05, 0) is 74.5 Å². The zero-order chi connectivity index (χ0) is 29.0. The Kier molecular flexibility index (Phi) is 19.0. The van der Waals surface area contributed by atoms with Crippen LogP contribution in [-0.2, 0) is 9.59 Å². The van der Waals surface area contributed by atoms with Crippen molar-refractivity contribution in [3.8, 4) is 0 Å². The van der Waals surface area contributed by atoms with Crippen LogP contribution in [-0.4, -0.2) is 22.2 Å². The standard InChI is InChI=1S/C36H66O4/c1-3-5-7-14-20-29-26-27-30(21-15-10-9-11-19-25-35(37)38)34(32(29)23-17-8-6-4-2)28-31-22-16-12-13-18-24-33(31)36(39)40/h29-34H,3-28H2,1-2H3,(H,37,38)(H,39,40)/t29?,30-,31?,32?,33?,34?/m1/s1. The number of carbonyl (C=O) groups is 2. The second-order valence-electron chi connectivity index (χ2n) is 13.8. The second kappa shape index (κ2) is 21.6. The number of hydrogen-bond donors (Lipinski definition) is 2. The Labute approximate surface area is 247 Å². The zero-order valence-electron chi connectivity index (χ0n) is 26.6. The molecule has 6 atom stereocenters. The van der Waals surface area contributed by atoms with Crippen LogP contribution >= 0.6 is 0 Å². The molecule has 0 aromatic carbocycles. The minimum absolute atomic E-state index is 0.138. The fourth-order valence-corrected chi connectivity index (χ4v) is 8.46. The number of unbranched alkanes of at least 4 members (excludes halogenated alkanes) is 10. The van der Waals surface area contributed by atoms with E-state index in [1.165, 1.54) is 116 Å². The summed E-state index contributed by atoms with van der Waals surface area (Å²) in [6.45, 7) is 4.61. The van der Waals surface area contributed by atoms with Crippen LogP contribution in [0.1, 0.15) is 181 Å². The van der Waals surface area contributed by atoms with Crippen LogP contribution in [0.15, 0.2) is 0 Å². The molecule has 0 saturated heterocycles. The van der Waals surface area contributed by atoms with Gasteiger partial charge in [0.25, 0.3) is 0 Å². The van der Waals surface area contributed by atoms with E-state index in [4.69, 9.17) is 5.11 Å². The molecule has 2 rings (SSSR count). The van der Waals surface area contributed by atoms with E-state index in [0.29, 0.717) is 18.3 Å². The van der Waals surface area contributed by atoms with Gasteiger partial charge in [-0.15, -0.1) is 0 Å². The molecule has 2 aliphatic rings. The van der Waals surface area contributed by atoms with Gasteiger partial charge in [0.05, 0.1) is 5.92 Å². The van der Waals surface area contributed by atoms with Crippen molar-refractivity contribution in [1.82, 2.24) is 0 Å². The van der Waals surface area contributed by atoms with Gasteiger partial charge in [0, 0.05) is 6.42 Å². The summed E-state index contributed by atoms with van der Waals surface area (Å²) in [4.78, 5) is 23.3. The molecule has 2 aliphatic carbocycles. The molecule has 0 amide bonds. The van der Waals surface area contributed by atoms with Crippen LogP contribution in [0.2, 0.25) is 0 Å². The van der Waals surface area contributed by atoms with Crippen LogP contribution in [0.5, 0.6) is 0 Å². The number of carboxylic acids is 2. The van der Waals surface area contributed by atoms with Crippen molar-refractivity contribution in [2.24, 2.45) is 35.5 Å². The molecule has 0 heterocycles. The third kappa shape index (κ3) is 13.7. The third-order valence-corrected chi connectivity index (χ3v) is 10.8. The minimum Gasteiger partial charge on any atom is -0.481 e. The SMILES string of the molecule is CCCCCCC1CC[C@@H](CCCCCCCC(=O)O)C(CC2CCCCCCC2C(=O)O)C1CCCCCC. The second-order valence-corrected chi connectivity index (χ2v) is 13.8. The quantitative estimate of drug-likeness (QED) is 0.136. The monoisotopic (exact) mass is 562 g/mol. The summed E-state index contributed by atoms with van der Waals surface area (Å²) in [5.74, 6) is 2.09. The zero-order valence-corrected chi connectivity index (χ0v) is 26.6. The van der Waals surface area contributed by atoms with Crippen LogP contribution < -0.4 is 0 Å². The molecule has 0 aromatic rings. The predicted octanol–water partition coefficient (Wildman–Crippen LogP) is 11.1. The topological polar surface area (TPSA) is 74.6 Å². The third-order valence-electron chi connectivity index (χ3n) is 10.8. The highest BCUT2D eigenvalue weighted by atomic mass is 16.4. The van der Waals surface area contributed by atoms with Gasteiger partial charge in [0.2, 0.25) is 0 Å². The van der Waals surface area contributed by atoms with Crippen molar-refractivity contribution >= 4 is 11.9 Å².